The van der Waals surface area contributed by atoms with Crippen LogP contribution in [0.1, 0.15) is 16.0 Å². The zero-order valence-corrected chi connectivity index (χ0v) is 18.5. The molecule has 0 fully saturated rings. The monoisotopic (exact) mass is 468 g/mol. The predicted octanol–water partition coefficient (Wildman–Crippen LogP) is 4.52. The molecule has 0 aliphatic heterocycles. The summed E-state index contributed by atoms with van der Waals surface area (Å²) >= 11 is 2.79. The van der Waals surface area contributed by atoms with Crippen LogP contribution in [0.15, 0.2) is 35.6 Å². The number of aryl methyl sites for hydroxylation is 2. The fourth-order valence-electron chi connectivity index (χ4n) is 2.83. The molecule has 6 nitrogen and oxygen atoms in total. The molecule has 0 saturated heterocycles. The molecular weight excluding hydrogens is 449 g/mol. The van der Waals surface area contributed by atoms with Crippen molar-refractivity contribution >= 4 is 50.8 Å². The number of aromatic nitrogens is 2. The van der Waals surface area contributed by atoms with Gasteiger partial charge >= 0.3 is 6.18 Å². The van der Waals surface area contributed by atoms with Crippen LogP contribution in [-0.2, 0) is 15.8 Å². The maximum Gasteiger partial charge on any atom is 0.418 e. The number of nitrogens with one attached hydrogen (secondary N) is 1. The smallest absolute Gasteiger partial charge is 0.336 e. The van der Waals surface area contributed by atoms with Gasteiger partial charge in [-0.25, -0.2) is 9.97 Å². The highest BCUT2D eigenvalue weighted by Crippen LogP contribution is 2.35. The van der Waals surface area contributed by atoms with E-state index in [1.165, 1.54) is 48.2 Å². The number of para-hydroxylation sites is 1. The molecule has 0 atom stereocenters. The number of hydrogen-bond donors (Lipinski definition) is 1. The van der Waals surface area contributed by atoms with E-state index in [1.807, 2.05) is 13.8 Å². The highest BCUT2D eigenvalue weighted by Gasteiger charge is 2.33. The number of fused-ring (bicyclic) bond motifs is 1. The first-order valence-electron chi connectivity index (χ1n) is 9.11. The quantitative estimate of drug-likeness (QED) is 0.425. The van der Waals surface area contributed by atoms with E-state index in [-0.39, 0.29) is 23.9 Å². The minimum Gasteiger partial charge on any atom is -0.336 e. The Morgan fingerprint density at radius 1 is 1.19 bits per heavy atom. The van der Waals surface area contributed by atoms with E-state index in [0.717, 1.165) is 26.7 Å². The summed E-state index contributed by atoms with van der Waals surface area (Å²) < 4.78 is 39.2. The fourth-order valence-corrected chi connectivity index (χ4v) is 4.89. The number of benzene rings is 1. The van der Waals surface area contributed by atoms with Crippen molar-refractivity contribution in [3.63, 3.8) is 0 Å². The van der Waals surface area contributed by atoms with E-state index in [0.29, 0.717) is 5.03 Å². The molecule has 3 aromatic rings. The van der Waals surface area contributed by atoms with Crippen molar-refractivity contribution in [2.45, 2.75) is 25.0 Å². The van der Waals surface area contributed by atoms with Crippen LogP contribution < -0.4 is 5.32 Å². The lowest BCUT2D eigenvalue weighted by Crippen LogP contribution is -2.36. The Labute approximate surface area is 184 Å². The van der Waals surface area contributed by atoms with E-state index < -0.39 is 17.6 Å². The molecule has 0 unspecified atom stereocenters. The second-order valence-electron chi connectivity index (χ2n) is 6.77. The lowest BCUT2D eigenvalue weighted by molar-refractivity contribution is -0.137. The van der Waals surface area contributed by atoms with Gasteiger partial charge in [0.1, 0.15) is 16.2 Å². The number of amides is 2. The molecule has 164 valence electrons. The molecule has 31 heavy (non-hydrogen) atoms. The lowest BCUT2D eigenvalue weighted by atomic mass is 10.1. The van der Waals surface area contributed by atoms with Gasteiger partial charge in [0.25, 0.3) is 0 Å². The van der Waals surface area contributed by atoms with Gasteiger partial charge in [-0.1, -0.05) is 23.9 Å². The number of halogens is 3. The Kier molecular flexibility index (Phi) is 6.85. The highest BCUT2D eigenvalue weighted by atomic mass is 32.2. The molecule has 0 spiro atoms. The molecule has 2 aromatic heterocycles. The number of nitrogens with zero attached hydrogens (tertiary/aromatic N) is 3. The molecule has 0 saturated carbocycles. The van der Waals surface area contributed by atoms with Crippen LogP contribution in [-0.4, -0.2) is 46.0 Å². The van der Waals surface area contributed by atoms with Gasteiger partial charge in [0.05, 0.1) is 23.5 Å². The van der Waals surface area contributed by atoms with Crippen LogP contribution in [0.25, 0.3) is 10.2 Å². The summed E-state index contributed by atoms with van der Waals surface area (Å²) in [5, 5.41) is 3.82. The van der Waals surface area contributed by atoms with E-state index in [1.54, 1.807) is 11.3 Å². The molecule has 2 amide bonds. The molecular formula is C20H19F3N4O2S2. The zero-order chi connectivity index (χ0) is 22.8. The Balaban J connectivity index is 1.61. The fraction of sp³-hybridized carbons (Fsp3) is 0.300. The second-order valence-corrected chi connectivity index (χ2v) is 8.94. The van der Waals surface area contributed by atoms with E-state index in [9.17, 15) is 22.8 Å². The molecule has 0 bridgehead atoms. The van der Waals surface area contributed by atoms with Crippen molar-refractivity contribution < 1.29 is 22.8 Å². The number of carbonyl (C=O) groups is 2. The third kappa shape index (κ3) is 5.34. The second kappa shape index (κ2) is 9.23. The minimum atomic E-state index is -4.59. The van der Waals surface area contributed by atoms with Crippen LogP contribution in [0.5, 0.6) is 0 Å². The number of hydrogen-bond acceptors (Lipinski definition) is 6. The number of anilines is 1. The molecule has 11 heteroatoms. The largest absolute Gasteiger partial charge is 0.418 e. The first-order valence-corrected chi connectivity index (χ1v) is 10.9. The standard InChI is InChI=1S/C20H19F3N4O2S2/c1-11-12(2)31-19-17(11)18(24-10-25-19)30-9-16(29)27(3)8-15(28)26-14-7-5-4-6-13(14)20(21,22)23/h4-7,10H,8-9H2,1-3H3,(H,26,28). The number of alkyl halides is 3. The van der Waals surface area contributed by atoms with Crippen LogP contribution in [0.2, 0.25) is 0 Å². The van der Waals surface area contributed by atoms with Gasteiger partial charge in [0.15, 0.2) is 0 Å². The van der Waals surface area contributed by atoms with E-state index >= 15 is 0 Å². The van der Waals surface area contributed by atoms with E-state index in [4.69, 9.17) is 0 Å². The average Bonchev–Trinajstić information content (AvgIpc) is 3.00. The minimum absolute atomic E-state index is 0.0311. The number of carbonyl (C=O) groups excluding carboxylic acids is 2. The number of thiophene rings is 1. The topological polar surface area (TPSA) is 75.2 Å². The van der Waals surface area contributed by atoms with Crippen LogP contribution in [0, 0.1) is 13.8 Å². The summed E-state index contributed by atoms with van der Waals surface area (Å²) in [6.45, 7) is 3.59. The predicted molar refractivity (Wildman–Crippen MR) is 115 cm³/mol. The van der Waals surface area contributed by atoms with Crippen molar-refractivity contribution in [3.8, 4) is 0 Å². The highest BCUT2D eigenvalue weighted by molar-refractivity contribution is 8.00. The van der Waals surface area contributed by atoms with Crippen molar-refractivity contribution in [1.82, 2.24) is 14.9 Å². The summed E-state index contributed by atoms with van der Waals surface area (Å²) in [5.41, 5.74) is -0.226. The summed E-state index contributed by atoms with van der Waals surface area (Å²) in [6, 6.07) is 4.70. The summed E-state index contributed by atoms with van der Waals surface area (Å²) in [5.74, 6) is -1.03. The molecule has 0 radical (unpaired) electrons. The van der Waals surface area contributed by atoms with Gasteiger partial charge in [-0.15, -0.1) is 11.3 Å². The third-order valence-electron chi connectivity index (χ3n) is 4.58. The van der Waals surface area contributed by atoms with Crippen LogP contribution >= 0.6 is 23.1 Å². The third-order valence-corrected chi connectivity index (χ3v) is 6.67. The van der Waals surface area contributed by atoms with Crippen molar-refractivity contribution in [1.29, 1.82) is 0 Å². The van der Waals surface area contributed by atoms with E-state index in [2.05, 4.69) is 15.3 Å². The van der Waals surface area contributed by atoms with Gasteiger partial charge in [-0.05, 0) is 31.5 Å². The molecule has 0 aliphatic carbocycles. The van der Waals surface area contributed by atoms with Gasteiger partial charge < -0.3 is 10.2 Å². The molecule has 2 heterocycles. The lowest BCUT2D eigenvalue weighted by Gasteiger charge is -2.18. The average molecular weight is 469 g/mol. The first-order chi connectivity index (χ1) is 14.6. The molecule has 1 aromatic carbocycles. The van der Waals surface area contributed by atoms with Gasteiger partial charge in [0.2, 0.25) is 11.8 Å². The Hall–Kier alpha value is -2.66. The number of likely N-dealkylation sites (N-methyl/N-ethyl adjacent to an activating group) is 1. The van der Waals surface area contributed by atoms with Crippen molar-refractivity contribution in [3.05, 3.63) is 46.6 Å². The van der Waals surface area contributed by atoms with Gasteiger partial charge in [0, 0.05) is 17.3 Å². The Morgan fingerprint density at radius 3 is 2.61 bits per heavy atom. The number of rotatable bonds is 6. The van der Waals surface area contributed by atoms with Crippen molar-refractivity contribution in [2.75, 3.05) is 24.7 Å². The maximum absolute atomic E-state index is 13.1. The normalized spacial score (nSPS) is 11.5. The maximum atomic E-state index is 13.1. The Bertz CT molecular complexity index is 1130. The van der Waals surface area contributed by atoms with Crippen molar-refractivity contribution in [2.24, 2.45) is 0 Å². The molecule has 3 rings (SSSR count). The Morgan fingerprint density at radius 2 is 1.90 bits per heavy atom. The summed E-state index contributed by atoms with van der Waals surface area (Å²) in [4.78, 5) is 36.3. The first kappa shape index (κ1) is 23.0. The number of thioether (sulfide) groups is 1. The zero-order valence-electron chi connectivity index (χ0n) is 16.9. The summed E-state index contributed by atoms with van der Waals surface area (Å²) in [6.07, 6.45) is -3.15. The SMILES string of the molecule is Cc1sc2ncnc(SCC(=O)N(C)CC(=O)Nc3ccccc3C(F)(F)F)c2c1C. The van der Waals surface area contributed by atoms with Gasteiger partial charge in [-0.3, -0.25) is 9.59 Å². The molecule has 0 aliphatic rings. The van der Waals surface area contributed by atoms with Gasteiger partial charge in [-0.2, -0.15) is 13.2 Å². The molecule has 1 N–H and O–H groups in total. The summed E-state index contributed by atoms with van der Waals surface area (Å²) in [7, 11) is 1.42. The van der Waals surface area contributed by atoms with Crippen LogP contribution in [0.4, 0.5) is 18.9 Å². The van der Waals surface area contributed by atoms with Crippen LogP contribution in [0.3, 0.4) is 0 Å².